The Morgan fingerprint density at radius 1 is 1.31 bits per heavy atom. The molecule has 2 nitrogen and oxygen atoms in total. The van der Waals surface area contributed by atoms with E-state index in [1.165, 1.54) is 12.1 Å². The van der Waals surface area contributed by atoms with Gasteiger partial charge in [-0.25, -0.2) is 0 Å². The summed E-state index contributed by atoms with van der Waals surface area (Å²) in [5.41, 5.74) is 6.46. The van der Waals surface area contributed by atoms with Crippen molar-refractivity contribution >= 4 is 0 Å². The van der Waals surface area contributed by atoms with Crippen LogP contribution in [0.1, 0.15) is 18.4 Å². The molecule has 16 heavy (non-hydrogen) atoms. The fraction of sp³-hybridized carbons (Fsp3) is 0.455. The van der Waals surface area contributed by atoms with Crippen molar-refractivity contribution in [3.05, 3.63) is 29.8 Å². The minimum absolute atomic E-state index is 0.186. The highest BCUT2D eigenvalue weighted by Crippen LogP contribution is 2.36. The number of nitrogens with two attached hydrogens (primary N) is 1. The van der Waals surface area contributed by atoms with Gasteiger partial charge in [0.15, 0.2) is 0 Å². The highest BCUT2D eigenvalue weighted by molar-refractivity contribution is 5.30. The summed E-state index contributed by atoms with van der Waals surface area (Å²) in [5, 5.41) is 0. The Balaban J connectivity index is 2.07. The normalized spacial score (nSPS) is 18.2. The maximum Gasteiger partial charge on any atom is 0.573 e. The molecule has 1 aromatic carbocycles. The van der Waals surface area contributed by atoms with Crippen molar-refractivity contribution in [1.29, 1.82) is 0 Å². The highest BCUT2D eigenvalue weighted by Gasteiger charge is 2.38. The van der Waals surface area contributed by atoms with E-state index in [-0.39, 0.29) is 11.3 Å². The summed E-state index contributed by atoms with van der Waals surface area (Å²) >= 11 is 0. The molecule has 0 bridgehead atoms. The van der Waals surface area contributed by atoms with E-state index in [1.54, 1.807) is 12.1 Å². The highest BCUT2D eigenvalue weighted by atomic mass is 19.4. The fourth-order valence-corrected chi connectivity index (χ4v) is 1.60. The van der Waals surface area contributed by atoms with Crippen molar-refractivity contribution < 1.29 is 17.9 Å². The number of hydrogen-bond donors (Lipinski definition) is 1. The summed E-state index contributed by atoms with van der Waals surface area (Å²) in [6.07, 6.45) is -2.19. The number of halogens is 3. The Hall–Kier alpha value is -1.23. The first-order chi connectivity index (χ1) is 7.36. The van der Waals surface area contributed by atoms with Gasteiger partial charge in [-0.1, -0.05) is 12.1 Å². The van der Waals surface area contributed by atoms with Crippen LogP contribution in [-0.2, 0) is 6.42 Å². The molecule has 0 aromatic heterocycles. The quantitative estimate of drug-likeness (QED) is 0.867. The number of alkyl halides is 3. The number of hydrogen-bond acceptors (Lipinski definition) is 2. The van der Waals surface area contributed by atoms with Crippen molar-refractivity contribution in [3.8, 4) is 5.75 Å². The van der Waals surface area contributed by atoms with Crippen LogP contribution in [0.25, 0.3) is 0 Å². The monoisotopic (exact) mass is 231 g/mol. The first-order valence-electron chi connectivity index (χ1n) is 5.00. The average molecular weight is 231 g/mol. The van der Waals surface area contributed by atoms with Crippen molar-refractivity contribution in [3.63, 3.8) is 0 Å². The van der Waals surface area contributed by atoms with Crippen molar-refractivity contribution in [2.75, 3.05) is 0 Å². The van der Waals surface area contributed by atoms with Gasteiger partial charge in [-0.05, 0) is 37.0 Å². The number of ether oxygens (including phenoxy) is 1. The largest absolute Gasteiger partial charge is 0.573 e. The van der Waals surface area contributed by atoms with Crippen LogP contribution in [0.4, 0.5) is 13.2 Å². The van der Waals surface area contributed by atoms with Crippen LogP contribution in [0.15, 0.2) is 24.3 Å². The lowest BCUT2D eigenvalue weighted by atomic mass is 10.1. The Morgan fingerprint density at radius 2 is 2.00 bits per heavy atom. The van der Waals surface area contributed by atoms with Gasteiger partial charge in [-0.3, -0.25) is 0 Å². The smallest absolute Gasteiger partial charge is 0.406 e. The molecule has 0 saturated heterocycles. The zero-order valence-corrected chi connectivity index (χ0v) is 8.55. The second-order valence-electron chi connectivity index (χ2n) is 4.23. The molecule has 1 aromatic rings. The Kier molecular flexibility index (Phi) is 2.58. The van der Waals surface area contributed by atoms with Gasteiger partial charge in [0.2, 0.25) is 0 Å². The molecule has 1 aliphatic carbocycles. The molecule has 0 unspecified atom stereocenters. The van der Waals surface area contributed by atoms with Crippen LogP contribution >= 0.6 is 0 Å². The first-order valence-corrected chi connectivity index (χ1v) is 5.00. The average Bonchev–Trinajstić information content (AvgIpc) is 2.80. The van der Waals surface area contributed by atoms with Gasteiger partial charge in [0.1, 0.15) is 5.75 Å². The van der Waals surface area contributed by atoms with Crippen molar-refractivity contribution in [2.45, 2.75) is 31.2 Å². The van der Waals surface area contributed by atoms with E-state index in [0.29, 0.717) is 6.42 Å². The van der Waals surface area contributed by atoms with Crippen LogP contribution in [0.2, 0.25) is 0 Å². The van der Waals surface area contributed by atoms with Gasteiger partial charge >= 0.3 is 6.36 Å². The maximum atomic E-state index is 12.0. The molecule has 2 rings (SSSR count). The van der Waals surface area contributed by atoms with Crippen LogP contribution in [0.3, 0.4) is 0 Å². The van der Waals surface area contributed by atoms with E-state index in [0.717, 1.165) is 18.4 Å². The van der Waals surface area contributed by atoms with E-state index >= 15 is 0 Å². The van der Waals surface area contributed by atoms with Crippen LogP contribution in [-0.4, -0.2) is 11.9 Å². The van der Waals surface area contributed by atoms with E-state index < -0.39 is 6.36 Å². The lowest BCUT2D eigenvalue weighted by Crippen LogP contribution is -2.24. The molecule has 1 saturated carbocycles. The zero-order chi connectivity index (χ0) is 11.8. The summed E-state index contributed by atoms with van der Waals surface area (Å²) in [6, 6.07) is 5.98. The van der Waals surface area contributed by atoms with E-state index in [9.17, 15) is 13.2 Å². The molecule has 0 heterocycles. The third-order valence-electron chi connectivity index (χ3n) is 2.58. The molecule has 1 fully saturated rings. The summed E-state index contributed by atoms with van der Waals surface area (Å²) in [6.45, 7) is 0. The molecular weight excluding hydrogens is 219 g/mol. The van der Waals surface area contributed by atoms with Gasteiger partial charge in [0.25, 0.3) is 0 Å². The fourth-order valence-electron chi connectivity index (χ4n) is 1.60. The minimum atomic E-state index is -4.64. The predicted molar refractivity (Wildman–Crippen MR) is 53.0 cm³/mol. The molecule has 5 heteroatoms. The van der Waals surface area contributed by atoms with E-state index in [1.807, 2.05) is 0 Å². The molecule has 0 radical (unpaired) electrons. The topological polar surface area (TPSA) is 35.2 Å². The predicted octanol–water partition coefficient (Wildman–Crippen LogP) is 2.62. The van der Waals surface area contributed by atoms with Gasteiger partial charge in [0, 0.05) is 5.54 Å². The SMILES string of the molecule is NC1(Cc2cccc(OC(F)(F)F)c2)CC1. The van der Waals surface area contributed by atoms with Crippen LogP contribution < -0.4 is 10.5 Å². The van der Waals surface area contributed by atoms with E-state index in [2.05, 4.69) is 4.74 Å². The molecule has 0 atom stereocenters. The molecule has 2 N–H and O–H groups in total. The lowest BCUT2D eigenvalue weighted by molar-refractivity contribution is -0.274. The van der Waals surface area contributed by atoms with Gasteiger partial charge in [-0.15, -0.1) is 13.2 Å². The molecule has 88 valence electrons. The van der Waals surface area contributed by atoms with Crippen molar-refractivity contribution in [2.24, 2.45) is 5.73 Å². The van der Waals surface area contributed by atoms with Gasteiger partial charge in [0.05, 0.1) is 0 Å². The molecule has 0 amide bonds. The first kappa shape index (κ1) is 11.3. The zero-order valence-electron chi connectivity index (χ0n) is 8.55. The summed E-state index contributed by atoms with van der Waals surface area (Å²) < 4.78 is 39.8. The van der Waals surface area contributed by atoms with E-state index in [4.69, 9.17) is 5.73 Å². The van der Waals surface area contributed by atoms with Crippen LogP contribution in [0, 0.1) is 0 Å². The summed E-state index contributed by atoms with van der Waals surface area (Å²) in [4.78, 5) is 0. The third kappa shape index (κ3) is 3.13. The Labute approximate surface area is 91.2 Å². The maximum absolute atomic E-state index is 12.0. The second kappa shape index (κ2) is 3.66. The van der Waals surface area contributed by atoms with Gasteiger partial charge < -0.3 is 10.5 Å². The van der Waals surface area contributed by atoms with Gasteiger partial charge in [-0.2, -0.15) is 0 Å². The summed E-state index contributed by atoms with van der Waals surface area (Å²) in [5.74, 6) is -0.186. The Bertz CT molecular complexity index is 363. The van der Waals surface area contributed by atoms with Crippen LogP contribution in [0.5, 0.6) is 5.75 Å². The lowest BCUT2D eigenvalue weighted by Gasteiger charge is -2.12. The molecule has 1 aliphatic rings. The number of benzene rings is 1. The second-order valence-corrected chi connectivity index (χ2v) is 4.23. The number of rotatable bonds is 3. The Morgan fingerprint density at radius 3 is 2.56 bits per heavy atom. The summed E-state index contributed by atoms with van der Waals surface area (Å²) in [7, 11) is 0. The van der Waals surface area contributed by atoms with Crippen molar-refractivity contribution in [1.82, 2.24) is 0 Å². The molecular formula is C11H12F3NO. The third-order valence-corrected chi connectivity index (χ3v) is 2.58. The molecule has 0 aliphatic heterocycles. The standard InChI is InChI=1S/C11H12F3NO/c12-11(13,14)16-9-3-1-2-8(6-9)7-10(15)4-5-10/h1-3,6H,4-5,7,15H2. The minimum Gasteiger partial charge on any atom is -0.406 e. The molecule has 0 spiro atoms.